The molecule has 2 heterocycles. The molecule has 0 atom stereocenters. The molecule has 1 aromatic heterocycles. The number of aryl methyl sites for hydroxylation is 1. The molecule has 2 N–H and O–H groups in total. The number of hydrogen-bond acceptors (Lipinski definition) is 8. The van der Waals surface area contributed by atoms with Crippen molar-refractivity contribution in [1.82, 2.24) is 10.3 Å². The molecule has 0 unspecified atom stereocenters. The predicted octanol–water partition coefficient (Wildman–Crippen LogP) is 3.71. The zero-order chi connectivity index (χ0) is 23.4. The monoisotopic (exact) mass is 486 g/mol. The first kappa shape index (κ1) is 23.0. The summed E-state index contributed by atoms with van der Waals surface area (Å²) in [5.74, 6) is -0.441. The first-order chi connectivity index (χ1) is 15.9. The summed E-state index contributed by atoms with van der Waals surface area (Å²) in [5, 5.41) is 12.6. The first-order valence-electron chi connectivity index (χ1n) is 10.4. The van der Waals surface area contributed by atoms with E-state index in [4.69, 9.17) is 9.84 Å². The van der Waals surface area contributed by atoms with Crippen LogP contribution in [0.15, 0.2) is 34.3 Å². The van der Waals surface area contributed by atoms with E-state index in [2.05, 4.69) is 15.3 Å². The van der Waals surface area contributed by atoms with Gasteiger partial charge in [-0.15, -0.1) is 0 Å². The first-order valence-corrected chi connectivity index (χ1v) is 12.0. The lowest BCUT2D eigenvalue weighted by molar-refractivity contribution is -0.137. The van der Waals surface area contributed by atoms with Crippen LogP contribution in [0.5, 0.6) is 5.75 Å². The molecule has 0 radical (unpaired) electrons. The van der Waals surface area contributed by atoms with Crippen LogP contribution in [-0.2, 0) is 14.4 Å². The number of nitrogens with zero attached hydrogens (tertiary/aromatic N) is 3. The fourth-order valence-corrected chi connectivity index (χ4v) is 4.87. The molecule has 0 spiro atoms. The Balaban J connectivity index is 1.40. The standard InChI is InChI=1S/C22H22N4O5S2/c1-13-9-15(31-8-2-3-19(28)29)6-7-17(13)24-21-25-20(30)18(33-21)10-16-11-23-22(32-16)26(12-27)14-4-5-14/h6-7,9-12,14H,2-5,8H2,1H3,(H,28,29)(H,24,25,30)/b18-10-. The van der Waals surface area contributed by atoms with E-state index < -0.39 is 5.97 Å². The van der Waals surface area contributed by atoms with Gasteiger partial charge in [-0.1, -0.05) is 11.3 Å². The van der Waals surface area contributed by atoms with Crippen molar-refractivity contribution in [2.45, 2.75) is 38.6 Å². The zero-order valence-electron chi connectivity index (χ0n) is 17.8. The van der Waals surface area contributed by atoms with Crippen molar-refractivity contribution in [2.75, 3.05) is 11.5 Å². The molecule has 2 amide bonds. The van der Waals surface area contributed by atoms with Crippen LogP contribution in [0.25, 0.3) is 6.08 Å². The summed E-state index contributed by atoms with van der Waals surface area (Å²) in [7, 11) is 0. The maximum Gasteiger partial charge on any atom is 0.303 e. The summed E-state index contributed by atoms with van der Waals surface area (Å²) in [6, 6.07) is 5.63. The molecule has 11 heteroatoms. The summed E-state index contributed by atoms with van der Waals surface area (Å²) in [5.41, 5.74) is 1.56. The van der Waals surface area contributed by atoms with Gasteiger partial charge in [0.05, 0.1) is 22.1 Å². The van der Waals surface area contributed by atoms with E-state index in [1.807, 2.05) is 13.0 Å². The molecule has 1 aliphatic heterocycles. The van der Waals surface area contributed by atoms with Crippen molar-refractivity contribution in [1.29, 1.82) is 0 Å². The van der Waals surface area contributed by atoms with Crippen LogP contribution in [-0.4, -0.2) is 46.2 Å². The van der Waals surface area contributed by atoms with Gasteiger partial charge < -0.3 is 15.2 Å². The van der Waals surface area contributed by atoms with Gasteiger partial charge in [0.15, 0.2) is 10.3 Å². The van der Waals surface area contributed by atoms with Gasteiger partial charge in [-0.05, 0) is 67.8 Å². The van der Waals surface area contributed by atoms with Gasteiger partial charge in [-0.3, -0.25) is 19.3 Å². The molecule has 1 saturated heterocycles. The second-order valence-corrected chi connectivity index (χ2v) is 9.64. The number of benzene rings is 1. The SMILES string of the molecule is Cc1cc(OCCCC(=O)O)ccc1/N=C1/NC(=O)/C(=C/c2cnc(N(C=O)C3CC3)s2)S1. The Morgan fingerprint density at radius 3 is 2.94 bits per heavy atom. The van der Waals surface area contributed by atoms with Crippen LogP contribution in [0.2, 0.25) is 0 Å². The van der Waals surface area contributed by atoms with Crippen LogP contribution in [0.3, 0.4) is 0 Å². The lowest BCUT2D eigenvalue weighted by atomic mass is 10.2. The van der Waals surface area contributed by atoms with Crippen LogP contribution in [0.4, 0.5) is 10.8 Å². The molecule has 2 fully saturated rings. The fourth-order valence-electron chi connectivity index (χ4n) is 3.08. The van der Waals surface area contributed by atoms with Crippen LogP contribution in [0.1, 0.15) is 36.1 Å². The number of carbonyl (C=O) groups is 3. The second kappa shape index (κ2) is 10.2. The molecule has 1 aliphatic carbocycles. The van der Waals surface area contributed by atoms with E-state index in [0.29, 0.717) is 39.7 Å². The Kier molecular flexibility index (Phi) is 7.09. The average molecular weight is 487 g/mol. The molecule has 1 saturated carbocycles. The number of amidine groups is 1. The summed E-state index contributed by atoms with van der Waals surface area (Å²) in [4.78, 5) is 46.1. The third-order valence-corrected chi connectivity index (χ3v) is 6.77. The maximum atomic E-state index is 12.4. The average Bonchev–Trinajstić information content (AvgIpc) is 3.40. The summed E-state index contributed by atoms with van der Waals surface area (Å²) in [6.07, 6.45) is 6.70. The number of hydrogen-bond donors (Lipinski definition) is 2. The third kappa shape index (κ3) is 5.99. The summed E-state index contributed by atoms with van der Waals surface area (Å²) in [6.45, 7) is 2.21. The molecule has 172 valence electrons. The highest BCUT2D eigenvalue weighted by Gasteiger charge is 2.31. The highest BCUT2D eigenvalue weighted by molar-refractivity contribution is 8.18. The Bertz CT molecular complexity index is 1140. The molecule has 4 rings (SSSR count). The minimum Gasteiger partial charge on any atom is -0.494 e. The van der Waals surface area contributed by atoms with Gasteiger partial charge in [0.25, 0.3) is 5.91 Å². The Morgan fingerprint density at radius 2 is 2.24 bits per heavy atom. The van der Waals surface area contributed by atoms with Gasteiger partial charge in [-0.2, -0.15) is 0 Å². The van der Waals surface area contributed by atoms with Gasteiger partial charge in [0.1, 0.15) is 5.75 Å². The minimum absolute atomic E-state index is 0.0657. The number of anilines is 1. The molecule has 33 heavy (non-hydrogen) atoms. The molecular formula is C22H22N4O5S2. The van der Waals surface area contributed by atoms with E-state index in [1.54, 1.807) is 29.3 Å². The molecule has 9 nitrogen and oxygen atoms in total. The Labute approximate surface area is 198 Å². The topological polar surface area (TPSA) is 121 Å². The third-order valence-electron chi connectivity index (χ3n) is 4.90. The van der Waals surface area contributed by atoms with Gasteiger partial charge in [-0.25, -0.2) is 9.98 Å². The van der Waals surface area contributed by atoms with E-state index in [-0.39, 0.29) is 18.4 Å². The molecule has 1 aromatic carbocycles. The van der Waals surface area contributed by atoms with Crippen molar-refractivity contribution >= 4 is 63.4 Å². The van der Waals surface area contributed by atoms with Gasteiger partial charge in [0, 0.05) is 18.7 Å². The van der Waals surface area contributed by atoms with Crippen molar-refractivity contribution in [2.24, 2.45) is 4.99 Å². The highest BCUT2D eigenvalue weighted by Crippen LogP contribution is 2.35. The summed E-state index contributed by atoms with van der Waals surface area (Å²) >= 11 is 2.61. The van der Waals surface area contributed by atoms with Gasteiger partial charge in [0.2, 0.25) is 6.41 Å². The van der Waals surface area contributed by atoms with E-state index in [9.17, 15) is 14.4 Å². The highest BCUT2D eigenvalue weighted by atomic mass is 32.2. The lowest BCUT2D eigenvalue weighted by Gasteiger charge is -2.11. The van der Waals surface area contributed by atoms with Gasteiger partial charge >= 0.3 is 5.97 Å². The number of ether oxygens (including phenoxy) is 1. The number of aliphatic carboxylic acids is 1. The number of carboxylic acid groups (broad SMARTS) is 1. The number of thiazole rings is 1. The quantitative estimate of drug-likeness (QED) is 0.298. The number of aromatic nitrogens is 1. The maximum absolute atomic E-state index is 12.4. The van der Waals surface area contributed by atoms with E-state index in [0.717, 1.165) is 29.7 Å². The van der Waals surface area contributed by atoms with Crippen LogP contribution < -0.4 is 15.0 Å². The van der Waals surface area contributed by atoms with Crippen molar-refractivity contribution < 1.29 is 24.2 Å². The molecule has 0 bridgehead atoms. The Morgan fingerprint density at radius 1 is 1.42 bits per heavy atom. The molecular weight excluding hydrogens is 464 g/mol. The number of thioether (sulfide) groups is 1. The zero-order valence-corrected chi connectivity index (χ0v) is 19.4. The molecule has 2 aromatic rings. The second-order valence-electron chi connectivity index (χ2n) is 7.56. The number of rotatable bonds is 10. The normalized spacial score (nSPS) is 17.9. The number of aliphatic imine (C=N–C) groups is 1. The predicted molar refractivity (Wildman–Crippen MR) is 128 cm³/mol. The van der Waals surface area contributed by atoms with Crippen molar-refractivity contribution in [3.63, 3.8) is 0 Å². The number of amides is 2. The summed E-state index contributed by atoms with van der Waals surface area (Å²) < 4.78 is 5.58. The van der Waals surface area contributed by atoms with Crippen molar-refractivity contribution in [3.8, 4) is 5.75 Å². The fraction of sp³-hybridized carbons (Fsp3) is 0.318. The molecule has 2 aliphatic rings. The number of nitrogens with one attached hydrogen (secondary N) is 1. The number of carboxylic acids is 1. The van der Waals surface area contributed by atoms with Crippen molar-refractivity contribution in [3.05, 3.63) is 39.7 Å². The minimum atomic E-state index is -0.845. The largest absolute Gasteiger partial charge is 0.494 e. The van der Waals surface area contributed by atoms with Crippen LogP contribution in [0, 0.1) is 6.92 Å². The van der Waals surface area contributed by atoms with E-state index in [1.165, 1.54) is 23.1 Å². The Hall–Kier alpha value is -3.18. The smallest absolute Gasteiger partial charge is 0.303 e. The van der Waals surface area contributed by atoms with E-state index >= 15 is 0 Å². The lowest BCUT2D eigenvalue weighted by Crippen LogP contribution is -2.22. The number of carbonyl (C=O) groups excluding carboxylic acids is 2. The van der Waals surface area contributed by atoms with Crippen LogP contribution >= 0.6 is 23.1 Å².